The summed E-state index contributed by atoms with van der Waals surface area (Å²) in [4.78, 5) is 4.55. The van der Waals surface area contributed by atoms with Gasteiger partial charge in [-0.2, -0.15) is 0 Å². The summed E-state index contributed by atoms with van der Waals surface area (Å²) in [5, 5.41) is 4.27. The van der Waals surface area contributed by atoms with Crippen LogP contribution in [0.3, 0.4) is 0 Å². The molecular weight excluding hydrogens is 196 g/mol. The molecule has 0 saturated carbocycles. The molecule has 84 valence electrons. The molecule has 0 unspecified atom stereocenters. The second-order valence-corrected chi connectivity index (χ2v) is 4.57. The van der Waals surface area contributed by atoms with E-state index in [1.807, 2.05) is 13.1 Å². The average molecular weight is 214 g/mol. The summed E-state index contributed by atoms with van der Waals surface area (Å²) in [5.41, 5.74) is 2.44. The quantitative estimate of drug-likeness (QED) is 0.846. The van der Waals surface area contributed by atoms with E-state index in [1.165, 1.54) is 10.9 Å². The van der Waals surface area contributed by atoms with Gasteiger partial charge in [0.1, 0.15) is 5.82 Å². The lowest BCUT2D eigenvalue weighted by Gasteiger charge is -2.07. The Labute approximate surface area is 96.7 Å². The van der Waals surface area contributed by atoms with Gasteiger partial charge in [0.15, 0.2) is 0 Å². The predicted molar refractivity (Wildman–Crippen MR) is 69.8 cm³/mol. The highest BCUT2D eigenvalue weighted by Gasteiger charge is 2.01. The highest BCUT2D eigenvalue weighted by atomic mass is 15.0. The first-order valence-corrected chi connectivity index (χ1v) is 5.76. The lowest BCUT2D eigenvalue weighted by Crippen LogP contribution is -1.95. The second-order valence-electron chi connectivity index (χ2n) is 4.57. The molecule has 1 N–H and O–H groups in total. The van der Waals surface area contributed by atoms with Gasteiger partial charge in [-0.25, -0.2) is 4.98 Å². The molecule has 1 aromatic heterocycles. The summed E-state index contributed by atoms with van der Waals surface area (Å²) in [7, 11) is 1.89. The molecular formula is C14H18N2. The molecule has 0 aliphatic rings. The highest BCUT2D eigenvalue weighted by Crippen LogP contribution is 2.18. The molecule has 16 heavy (non-hydrogen) atoms. The van der Waals surface area contributed by atoms with Crippen LogP contribution in [0.15, 0.2) is 30.3 Å². The van der Waals surface area contributed by atoms with E-state index in [4.69, 9.17) is 0 Å². The number of anilines is 1. The zero-order valence-corrected chi connectivity index (χ0v) is 10.1. The van der Waals surface area contributed by atoms with Crippen LogP contribution in [0.1, 0.15) is 19.4 Å². The van der Waals surface area contributed by atoms with Crippen LogP contribution >= 0.6 is 0 Å². The fraction of sp³-hybridized carbons (Fsp3) is 0.357. The molecule has 0 spiro atoms. The number of nitrogens with zero attached hydrogens (tertiary/aromatic N) is 1. The molecule has 0 atom stereocenters. The number of hydrogen-bond donors (Lipinski definition) is 1. The molecule has 0 fully saturated rings. The van der Waals surface area contributed by atoms with Crippen molar-refractivity contribution in [3.05, 3.63) is 35.9 Å². The van der Waals surface area contributed by atoms with Gasteiger partial charge < -0.3 is 5.32 Å². The Hall–Kier alpha value is -1.57. The molecule has 0 radical (unpaired) electrons. The maximum atomic E-state index is 4.55. The lowest BCUT2D eigenvalue weighted by atomic mass is 10.0. The summed E-state index contributed by atoms with van der Waals surface area (Å²) in [6, 6.07) is 10.6. The molecule has 2 nitrogen and oxygen atoms in total. The first-order chi connectivity index (χ1) is 7.69. The van der Waals surface area contributed by atoms with Crippen LogP contribution in [0.25, 0.3) is 10.9 Å². The van der Waals surface area contributed by atoms with Gasteiger partial charge in [-0.1, -0.05) is 26.0 Å². The van der Waals surface area contributed by atoms with Crippen LogP contribution in [-0.2, 0) is 6.42 Å². The van der Waals surface area contributed by atoms with Gasteiger partial charge in [-0.05, 0) is 36.1 Å². The van der Waals surface area contributed by atoms with Crippen molar-refractivity contribution in [3.8, 4) is 0 Å². The van der Waals surface area contributed by atoms with Crippen molar-refractivity contribution in [2.45, 2.75) is 20.3 Å². The maximum Gasteiger partial charge on any atom is 0.126 e. The van der Waals surface area contributed by atoms with E-state index >= 15 is 0 Å². The average Bonchev–Trinajstić information content (AvgIpc) is 2.27. The van der Waals surface area contributed by atoms with Crippen LogP contribution in [-0.4, -0.2) is 12.0 Å². The Balaban J connectivity index is 2.42. The first kappa shape index (κ1) is 10.9. The Morgan fingerprint density at radius 1 is 1.19 bits per heavy atom. The summed E-state index contributed by atoms with van der Waals surface area (Å²) in [6.07, 6.45) is 1.11. The first-order valence-electron chi connectivity index (χ1n) is 5.76. The Bertz CT molecular complexity index is 489. The summed E-state index contributed by atoms with van der Waals surface area (Å²) < 4.78 is 0. The molecule has 0 bridgehead atoms. The van der Waals surface area contributed by atoms with Gasteiger partial charge in [-0.15, -0.1) is 0 Å². The van der Waals surface area contributed by atoms with Crippen molar-refractivity contribution < 1.29 is 0 Å². The van der Waals surface area contributed by atoms with Crippen molar-refractivity contribution in [1.82, 2.24) is 4.98 Å². The molecule has 2 rings (SSSR count). The third-order valence-corrected chi connectivity index (χ3v) is 2.66. The zero-order valence-electron chi connectivity index (χ0n) is 10.1. The monoisotopic (exact) mass is 214 g/mol. The molecule has 0 amide bonds. The smallest absolute Gasteiger partial charge is 0.126 e. The van der Waals surface area contributed by atoms with E-state index < -0.39 is 0 Å². The minimum Gasteiger partial charge on any atom is -0.373 e. The molecule has 0 saturated heterocycles. The minimum absolute atomic E-state index is 0.685. The molecule has 2 heteroatoms. The fourth-order valence-corrected chi connectivity index (χ4v) is 1.90. The second kappa shape index (κ2) is 4.52. The van der Waals surface area contributed by atoms with Crippen molar-refractivity contribution >= 4 is 16.7 Å². The lowest BCUT2D eigenvalue weighted by molar-refractivity contribution is 0.648. The van der Waals surface area contributed by atoms with E-state index in [-0.39, 0.29) is 0 Å². The third-order valence-electron chi connectivity index (χ3n) is 2.66. The van der Waals surface area contributed by atoms with E-state index in [2.05, 4.69) is 48.4 Å². The van der Waals surface area contributed by atoms with Crippen molar-refractivity contribution in [2.24, 2.45) is 5.92 Å². The molecule has 0 aliphatic carbocycles. The number of benzene rings is 1. The normalized spacial score (nSPS) is 11.0. The van der Waals surface area contributed by atoms with Crippen molar-refractivity contribution in [3.63, 3.8) is 0 Å². The van der Waals surface area contributed by atoms with Crippen LogP contribution in [0.5, 0.6) is 0 Å². The number of nitrogens with one attached hydrogen (secondary N) is 1. The van der Waals surface area contributed by atoms with E-state index in [0.29, 0.717) is 5.92 Å². The number of rotatable bonds is 3. The van der Waals surface area contributed by atoms with Gasteiger partial charge >= 0.3 is 0 Å². The Kier molecular flexibility index (Phi) is 3.09. The summed E-state index contributed by atoms with van der Waals surface area (Å²) >= 11 is 0. The minimum atomic E-state index is 0.685. The molecule has 0 aliphatic heterocycles. The van der Waals surface area contributed by atoms with Crippen LogP contribution in [0, 0.1) is 5.92 Å². The van der Waals surface area contributed by atoms with E-state index in [1.54, 1.807) is 0 Å². The van der Waals surface area contributed by atoms with E-state index in [9.17, 15) is 0 Å². The Morgan fingerprint density at radius 2 is 1.94 bits per heavy atom. The van der Waals surface area contributed by atoms with Gasteiger partial charge in [-0.3, -0.25) is 0 Å². The van der Waals surface area contributed by atoms with Gasteiger partial charge in [0.05, 0.1) is 5.52 Å². The number of aromatic nitrogens is 1. The molecule has 1 heterocycles. The van der Waals surface area contributed by atoms with Crippen LogP contribution in [0.4, 0.5) is 5.82 Å². The molecule has 2 aromatic rings. The van der Waals surface area contributed by atoms with Crippen LogP contribution < -0.4 is 5.32 Å². The predicted octanol–water partition coefficient (Wildman–Crippen LogP) is 3.48. The SMILES string of the molecule is CNc1ccc2ccc(CC(C)C)cc2n1. The largest absolute Gasteiger partial charge is 0.373 e. The number of fused-ring (bicyclic) bond motifs is 1. The Morgan fingerprint density at radius 3 is 2.62 bits per heavy atom. The third kappa shape index (κ3) is 2.32. The number of hydrogen-bond acceptors (Lipinski definition) is 2. The van der Waals surface area contributed by atoms with E-state index in [0.717, 1.165) is 17.8 Å². The van der Waals surface area contributed by atoms with Gasteiger partial charge in [0.25, 0.3) is 0 Å². The summed E-state index contributed by atoms with van der Waals surface area (Å²) in [6.45, 7) is 4.48. The van der Waals surface area contributed by atoms with Crippen molar-refractivity contribution in [2.75, 3.05) is 12.4 Å². The zero-order chi connectivity index (χ0) is 11.5. The van der Waals surface area contributed by atoms with Crippen molar-refractivity contribution in [1.29, 1.82) is 0 Å². The molecule has 1 aromatic carbocycles. The maximum absolute atomic E-state index is 4.55. The van der Waals surface area contributed by atoms with Gasteiger partial charge in [0.2, 0.25) is 0 Å². The van der Waals surface area contributed by atoms with Crippen LogP contribution in [0.2, 0.25) is 0 Å². The fourth-order valence-electron chi connectivity index (χ4n) is 1.90. The summed E-state index contributed by atoms with van der Waals surface area (Å²) in [5.74, 6) is 1.61. The standard InChI is InChI=1S/C14H18N2/c1-10(2)8-11-4-5-12-6-7-14(15-3)16-13(12)9-11/h4-7,9-10H,8H2,1-3H3,(H,15,16). The number of pyridine rings is 1. The topological polar surface area (TPSA) is 24.9 Å². The highest BCUT2D eigenvalue weighted by molar-refractivity contribution is 5.80. The van der Waals surface area contributed by atoms with Gasteiger partial charge in [0, 0.05) is 12.4 Å².